The first-order chi connectivity index (χ1) is 10.3. The molecule has 1 unspecified atom stereocenters. The lowest BCUT2D eigenvalue weighted by Gasteiger charge is -2.19. The van der Waals surface area contributed by atoms with Crippen LogP contribution in [0.3, 0.4) is 0 Å². The van der Waals surface area contributed by atoms with E-state index in [0.29, 0.717) is 19.5 Å². The first-order valence-corrected chi connectivity index (χ1v) is 8.17. The molecule has 0 spiro atoms. The van der Waals surface area contributed by atoms with Crippen LogP contribution in [0.4, 0.5) is 4.79 Å². The number of unbranched alkanes of at least 4 members (excludes halogenated alkanes) is 3. The molecule has 128 valence electrons. The predicted molar refractivity (Wildman–Crippen MR) is 84.5 cm³/mol. The third-order valence-electron chi connectivity index (χ3n) is 3.58. The van der Waals surface area contributed by atoms with Gasteiger partial charge in [-0.15, -0.1) is 0 Å². The Labute approximate surface area is 133 Å². The van der Waals surface area contributed by atoms with Gasteiger partial charge in [0.05, 0.1) is 0 Å². The third kappa shape index (κ3) is 7.64. The molecule has 0 aromatic carbocycles. The van der Waals surface area contributed by atoms with Gasteiger partial charge in [0.15, 0.2) is 0 Å². The van der Waals surface area contributed by atoms with Gasteiger partial charge in [0, 0.05) is 38.6 Å². The summed E-state index contributed by atoms with van der Waals surface area (Å²) in [5.41, 5.74) is -0.460. The Kier molecular flexibility index (Phi) is 7.65. The number of alkyl carbamates (subject to hydrolysis) is 1. The molecule has 2 amide bonds. The lowest BCUT2D eigenvalue weighted by molar-refractivity contribution is -0.127. The zero-order valence-corrected chi connectivity index (χ0v) is 14.1. The summed E-state index contributed by atoms with van der Waals surface area (Å²) >= 11 is 0. The summed E-state index contributed by atoms with van der Waals surface area (Å²) in [6.45, 7) is 7.70. The van der Waals surface area contributed by atoms with E-state index in [2.05, 4.69) is 5.32 Å². The fourth-order valence-electron chi connectivity index (χ4n) is 2.48. The maximum absolute atomic E-state index is 11.7. The summed E-state index contributed by atoms with van der Waals surface area (Å²) in [7, 11) is 0. The van der Waals surface area contributed by atoms with Crippen molar-refractivity contribution in [1.29, 1.82) is 0 Å². The van der Waals surface area contributed by atoms with Crippen molar-refractivity contribution in [2.45, 2.75) is 58.5 Å². The van der Waals surface area contributed by atoms with Crippen molar-refractivity contribution in [3.63, 3.8) is 0 Å². The molecule has 1 aliphatic heterocycles. The largest absolute Gasteiger partial charge is 0.444 e. The van der Waals surface area contributed by atoms with Gasteiger partial charge in [0.1, 0.15) is 5.60 Å². The molecule has 1 heterocycles. The van der Waals surface area contributed by atoms with Crippen LogP contribution in [0.2, 0.25) is 0 Å². The normalized spacial score (nSPS) is 18.6. The van der Waals surface area contributed by atoms with E-state index in [4.69, 9.17) is 9.84 Å². The maximum Gasteiger partial charge on any atom is 0.407 e. The number of aliphatic hydroxyl groups is 1. The second-order valence-electron chi connectivity index (χ2n) is 6.94. The van der Waals surface area contributed by atoms with Crippen LogP contribution in [0.25, 0.3) is 0 Å². The molecule has 0 aliphatic carbocycles. The van der Waals surface area contributed by atoms with Crippen molar-refractivity contribution in [1.82, 2.24) is 10.2 Å². The van der Waals surface area contributed by atoms with Crippen molar-refractivity contribution in [3.05, 3.63) is 0 Å². The Morgan fingerprint density at radius 2 is 2.00 bits per heavy atom. The Balaban J connectivity index is 1.98. The van der Waals surface area contributed by atoms with Crippen LogP contribution in [0.5, 0.6) is 0 Å². The van der Waals surface area contributed by atoms with Crippen molar-refractivity contribution in [2.75, 3.05) is 26.2 Å². The number of carbonyl (C=O) groups is 2. The molecular weight excluding hydrogens is 284 g/mol. The molecule has 1 aliphatic rings. The first kappa shape index (κ1) is 18.7. The molecule has 0 radical (unpaired) electrons. The Hall–Kier alpha value is -1.30. The summed E-state index contributed by atoms with van der Waals surface area (Å²) in [5, 5.41) is 11.8. The number of amides is 2. The topological polar surface area (TPSA) is 78.9 Å². The van der Waals surface area contributed by atoms with Gasteiger partial charge in [-0.3, -0.25) is 4.79 Å². The van der Waals surface area contributed by atoms with E-state index in [9.17, 15) is 9.59 Å². The maximum atomic E-state index is 11.7. The Morgan fingerprint density at radius 3 is 2.59 bits per heavy atom. The Bertz CT molecular complexity index is 366. The minimum absolute atomic E-state index is 0.0958. The SMILES string of the molecule is CC(C)(C)OC(=O)NCCCCCCN1CC(CO)CC1=O. The number of nitrogens with zero attached hydrogens (tertiary/aromatic N) is 1. The summed E-state index contributed by atoms with van der Waals surface area (Å²) in [6, 6.07) is 0. The molecule has 0 aromatic heterocycles. The minimum Gasteiger partial charge on any atom is -0.444 e. The highest BCUT2D eigenvalue weighted by atomic mass is 16.6. The van der Waals surface area contributed by atoms with E-state index in [-0.39, 0.29) is 24.5 Å². The Morgan fingerprint density at radius 1 is 1.32 bits per heavy atom. The fraction of sp³-hybridized carbons (Fsp3) is 0.875. The van der Waals surface area contributed by atoms with Crippen molar-refractivity contribution < 1.29 is 19.4 Å². The van der Waals surface area contributed by atoms with E-state index in [0.717, 1.165) is 32.2 Å². The van der Waals surface area contributed by atoms with Gasteiger partial charge < -0.3 is 20.1 Å². The molecule has 0 aromatic rings. The van der Waals surface area contributed by atoms with Gasteiger partial charge in [-0.2, -0.15) is 0 Å². The zero-order chi connectivity index (χ0) is 16.6. The smallest absolute Gasteiger partial charge is 0.407 e. The van der Waals surface area contributed by atoms with Gasteiger partial charge in [-0.05, 0) is 33.6 Å². The zero-order valence-electron chi connectivity index (χ0n) is 14.1. The molecule has 2 N–H and O–H groups in total. The molecule has 1 fully saturated rings. The monoisotopic (exact) mass is 314 g/mol. The van der Waals surface area contributed by atoms with E-state index in [1.165, 1.54) is 0 Å². The molecule has 1 saturated heterocycles. The van der Waals surface area contributed by atoms with Gasteiger partial charge in [-0.1, -0.05) is 12.8 Å². The third-order valence-corrected chi connectivity index (χ3v) is 3.58. The average molecular weight is 314 g/mol. The van der Waals surface area contributed by atoms with Crippen LogP contribution in [0, 0.1) is 5.92 Å². The van der Waals surface area contributed by atoms with Gasteiger partial charge in [-0.25, -0.2) is 4.79 Å². The van der Waals surface area contributed by atoms with Crippen LogP contribution in [-0.4, -0.2) is 53.8 Å². The molecular formula is C16H30N2O4. The number of ether oxygens (including phenoxy) is 1. The van der Waals surface area contributed by atoms with Gasteiger partial charge in [0.25, 0.3) is 0 Å². The van der Waals surface area contributed by atoms with Crippen molar-refractivity contribution >= 4 is 12.0 Å². The summed E-state index contributed by atoms with van der Waals surface area (Å²) in [4.78, 5) is 24.9. The van der Waals surface area contributed by atoms with E-state index < -0.39 is 5.60 Å². The van der Waals surface area contributed by atoms with Crippen LogP contribution < -0.4 is 5.32 Å². The van der Waals surface area contributed by atoms with Crippen molar-refractivity contribution in [2.24, 2.45) is 5.92 Å². The van der Waals surface area contributed by atoms with Crippen molar-refractivity contribution in [3.8, 4) is 0 Å². The molecule has 6 nitrogen and oxygen atoms in total. The summed E-state index contributed by atoms with van der Waals surface area (Å²) < 4.78 is 5.15. The number of carbonyl (C=O) groups excluding carboxylic acids is 2. The molecule has 22 heavy (non-hydrogen) atoms. The molecule has 1 rings (SSSR count). The highest BCUT2D eigenvalue weighted by molar-refractivity contribution is 5.78. The first-order valence-electron chi connectivity index (χ1n) is 8.17. The van der Waals surface area contributed by atoms with Crippen LogP contribution >= 0.6 is 0 Å². The average Bonchev–Trinajstić information content (AvgIpc) is 2.76. The number of hydrogen-bond acceptors (Lipinski definition) is 4. The second-order valence-corrected chi connectivity index (χ2v) is 6.94. The standard InChI is InChI=1S/C16H30N2O4/c1-16(2,3)22-15(21)17-8-6-4-5-7-9-18-11-13(12-19)10-14(18)20/h13,19H,4-12H2,1-3H3,(H,17,21). The summed E-state index contributed by atoms with van der Waals surface area (Å²) in [6.07, 6.45) is 4.04. The van der Waals surface area contributed by atoms with Crippen LogP contribution in [0.1, 0.15) is 52.9 Å². The van der Waals surface area contributed by atoms with Crippen LogP contribution in [0.15, 0.2) is 0 Å². The lowest BCUT2D eigenvalue weighted by atomic mass is 10.1. The minimum atomic E-state index is -0.460. The highest BCUT2D eigenvalue weighted by Crippen LogP contribution is 2.17. The number of hydrogen-bond donors (Lipinski definition) is 2. The van der Waals surface area contributed by atoms with E-state index in [1.54, 1.807) is 0 Å². The van der Waals surface area contributed by atoms with E-state index in [1.807, 2.05) is 25.7 Å². The van der Waals surface area contributed by atoms with E-state index >= 15 is 0 Å². The van der Waals surface area contributed by atoms with Gasteiger partial charge >= 0.3 is 6.09 Å². The lowest BCUT2D eigenvalue weighted by Crippen LogP contribution is -2.33. The number of rotatable bonds is 8. The number of likely N-dealkylation sites (tertiary alicyclic amines) is 1. The second kappa shape index (κ2) is 8.98. The number of nitrogens with one attached hydrogen (secondary N) is 1. The molecule has 6 heteroatoms. The molecule has 1 atom stereocenters. The van der Waals surface area contributed by atoms with Gasteiger partial charge in [0.2, 0.25) is 5.91 Å². The van der Waals surface area contributed by atoms with Crippen LogP contribution in [-0.2, 0) is 9.53 Å². The highest BCUT2D eigenvalue weighted by Gasteiger charge is 2.28. The summed E-state index contributed by atoms with van der Waals surface area (Å²) in [5.74, 6) is 0.274. The quantitative estimate of drug-likeness (QED) is 0.671. The predicted octanol–water partition coefficient (Wildman–Crippen LogP) is 1.91. The number of aliphatic hydroxyl groups excluding tert-OH is 1. The molecule has 0 bridgehead atoms. The fourth-order valence-corrected chi connectivity index (χ4v) is 2.48. The molecule has 0 saturated carbocycles.